The van der Waals surface area contributed by atoms with Gasteiger partial charge in [-0.25, -0.2) is 13.1 Å². The maximum Gasteiger partial charge on any atom is 0.240 e. The smallest absolute Gasteiger partial charge is 0.240 e. The first-order chi connectivity index (χ1) is 12.5. The van der Waals surface area contributed by atoms with Crippen molar-refractivity contribution >= 4 is 26.0 Å². The second-order valence-electron chi connectivity index (χ2n) is 6.40. The minimum absolute atomic E-state index is 0.262. The number of methoxy groups -OCH3 is 1. The average Bonchev–Trinajstić information content (AvgIpc) is 2.68. The van der Waals surface area contributed by atoms with Crippen LogP contribution in [0.5, 0.6) is 5.75 Å². The first kappa shape index (κ1) is 19.4. The molecule has 140 valence electrons. The highest BCUT2D eigenvalue weighted by molar-refractivity contribution is 9.10. The van der Waals surface area contributed by atoms with Crippen molar-refractivity contribution in [3.05, 3.63) is 58.6 Å². The summed E-state index contributed by atoms with van der Waals surface area (Å²) in [5, 5.41) is 0. The zero-order chi connectivity index (χ0) is 18.6. The molecule has 0 saturated carbocycles. The molecule has 3 rings (SSSR count). The second kappa shape index (κ2) is 8.08. The Balaban J connectivity index is 1.83. The van der Waals surface area contributed by atoms with Crippen LogP contribution in [0.2, 0.25) is 0 Å². The number of hydrogen-bond donors (Lipinski definition) is 1. The van der Waals surface area contributed by atoms with Crippen LogP contribution >= 0.6 is 15.9 Å². The van der Waals surface area contributed by atoms with Gasteiger partial charge in [-0.2, -0.15) is 0 Å². The molecule has 1 aliphatic rings. The van der Waals surface area contributed by atoms with Crippen LogP contribution in [0.25, 0.3) is 0 Å². The lowest BCUT2D eigenvalue weighted by Gasteiger charge is -2.38. The summed E-state index contributed by atoms with van der Waals surface area (Å²) in [5.41, 5.74) is 0.813. The van der Waals surface area contributed by atoms with Crippen molar-refractivity contribution in [1.29, 1.82) is 0 Å². The molecule has 0 aliphatic carbocycles. The van der Waals surface area contributed by atoms with Crippen LogP contribution in [0.1, 0.15) is 18.4 Å². The van der Waals surface area contributed by atoms with Crippen LogP contribution in [-0.2, 0) is 20.2 Å². The topological polar surface area (TPSA) is 64.6 Å². The Hall–Kier alpha value is -1.41. The van der Waals surface area contributed by atoms with E-state index in [2.05, 4.69) is 20.7 Å². The molecular weight excluding hydrogens is 418 g/mol. The van der Waals surface area contributed by atoms with Gasteiger partial charge in [-0.15, -0.1) is 0 Å². The Morgan fingerprint density at radius 1 is 1.08 bits per heavy atom. The van der Waals surface area contributed by atoms with Crippen molar-refractivity contribution < 1.29 is 17.9 Å². The van der Waals surface area contributed by atoms with Crippen LogP contribution in [0, 0.1) is 0 Å². The Bertz CT molecular complexity index is 829. The standard InChI is InChI=1S/C19H22BrNO4S/c1-24-17-6-2-15(3-7-17)19(10-12-25-13-11-19)14-21-26(22,23)18-8-4-16(20)5-9-18/h2-9,21H,10-14H2,1H3. The Kier molecular flexibility index (Phi) is 6.02. The molecule has 1 fully saturated rings. The molecule has 0 aromatic heterocycles. The summed E-state index contributed by atoms with van der Waals surface area (Å²) in [7, 11) is -1.94. The lowest BCUT2D eigenvalue weighted by Crippen LogP contribution is -2.44. The van der Waals surface area contributed by atoms with Gasteiger partial charge in [0, 0.05) is 29.6 Å². The lowest BCUT2D eigenvalue weighted by atomic mass is 9.74. The van der Waals surface area contributed by atoms with E-state index in [9.17, 15) is 8.42 Å². The third-order valence-electron chi connectivity index (χ3n) is 4.88. The number of halogens is 1. The van der Waals surface area contributed by atoms with Crippen LogP contribution in [0.3, 0.4) is 0 Å². The van der Waals surface area contributed by atoms with Gasteiger partial charge in [-0.1, -0.05) is 28.1 Å². The normalized spacial score (nSPS) is 17.0. The zero-order valence-electron chi connectivity index (χ0n) is 14.6. The molecule has 1 saturated heterocycles. The zero-order valence-corrected chi connectivity index (χ0v) is 17.0. The monoisotopic (exact) mass is 439 g/mol. The first-order valence-electron chi connectivity index (χ1n) is 8.43. The molecule has 0 spiro atoms. The van der Waals surface area contributed by atoms with Gasteiger partial charge >= 0.3 is 0 Å². The van der Waals surface area contributed by atoms with E-state index in [1.807, 2.05) is 24.3 Å². The summed E-state index contributed by atoms with van der Waals surface area (Å²) in [6, 6.07) is 14.5. The van der Waals surface area contributed by atoms with Gasteiger partial charge in [-0.05, 0) is 54.8 Å². The van der Waals surface area contributed by atoms with E-state index < -0.39 is 10.0 Å². The first-order valence-corrected chi connectivity index (χ1v) is 10.7. The van der Waals surface area contributed by atoms with Gasteiger partial charge in [0.25, 0.3) is 0 Å². The summed E-state index contributed by atoms with van der Waals surface area (Å²) in [6.45, 7) is 1.57. The van der Waals surface area contributed by atoms with E-state index in [-0.39, 0.29) is 10.3 Å². The number of sulfonamides is 1. The maximum absolute atomic E-state index is 12.7. The summed E-state index contributed by atoms with van der Waals surface area (Å²) < 4.78 is 39.8. The summed E-state index contributed by atoms with van der Waals surface area (Å²) in [5.74, 6) is 0.784. The molecular formula is C19H22BrNO4S. The molecule has 0 amide bonds. The Labute approximate surface area is 162 Å². The third-order valence-corrected chi connectivity index (χ3v) is 6.82. The van der Waals surface area contributed by atoms with Crippen molar-refractivity contribution in [3.63, 3.8) is 0 Å². The highest BCUT2D eigenvalue weighted by atomic mass is 79.9. The molecule has 2 aromatic carbocycles. The molecule has 1 heterocycles. The highest BCUT2D eigenvalue weighted by Gasteiger charge is 2.35. The van der Waals surface area contributed by atoms with Crippen LogP contribution < -0.4 is 9.46 Å². The van der Waals surface area contributed by atoms with E-state index in [0.29, 0.717) is 19.8 Å². The van der Waals surface area contributed by atoms with Crippen molar-refractivity contribution in [2.24, 2.45) is 0 Å². The van der Waals surface area contributed by atoms with E-state index in [0.717, 1.165) is 28.6 Å². The van der Waals surface area contributed by atoms with Crippen LogP contribution in [0.15, 0.2) is 57.9 Å². The predicted molar refractivity (Wildman–Crippen MR) is 104 cm³/mol. The molecule has 1 N–H and O–H groups in total. The molecule has 2 aromatic rings. The van der Waals surface area contributed by atoms with Gasteiger partial charge in [0.05, 0.1) is 12.0 Å². The SMILES string of the molecule is COc1ccc(C2(CNS(=O)(=O)c3ccc(Br)cc3)CCOCC2)cc1. The summed E-state index contributed by atoms with van der Waals surface area (Å²) in [6.07, 6.45) is 1.53. The van der Waals surface area contributed by atoms with Crippen LogP contribution in [0.4, 0.5) is 0 Å². The number of benzene rings is 2. The fourth-order valence-electron chi connectivity index (χ4n) is 3.20. The van der Waals surface area contributed by atoms with E-state index in [4.69, 9.17) is 9.47 Å². The number of rotatable bonds is 6. The van der Waals surface area contributed by atoms with Crippen molar-refractivity contribution in [2.75, 3.05) is 26.9 Å². The fourth-order valence-corrected chi connectivity index (χ4v) is 4.60. The molecule has 1 aliphatic heterocycles. The lowest BCUT2D eigenvalue weighted by molar-refractivity contribution is 0.0517. The largest absolute Gasteiger partial charge is 0.497 e. The molecule has 26 heavy (non-hydrogen) atoms. The van der Waals surface area contributed by atoms with Gasteiger partial charge < -0.3 is 9.47 Å². The Morgan fingerprint density at radius 3 is 2.27 bits per heavy atom. The van der Waals surface area contributed by atoms with Gasteiger partial charge in [0.15, 0.2) is 0 Å². The molecule has 5 nitrogen and oxygen atoms in total. The van der Waals surface area contributed by atoms with Crippen LogP contribution in [-0.4, -0.2) is 35.3 Å². The molecule has 7 heteroatoms. The van der Waals surface area contributed by atoms with Crippen molar-refractivity contribution in [1.82, 2.24) is 4.72 Å². The summed E-state index contributed by atoms with van der Waals surface area (Å²) >= 11 is 3.33. The molecule has 0 unspecified atom stereocenters. The predicted octanol–water partition coefficient (Wildman–Crippen LogP) is 3.48. The number of hydrogen-bond acceptors (Lipinski definition) is 4. The Morgan fingerprint density at radius 2 is 1.69 bits per heavy atom. The van der Waals surface area contributed by atoms with Gasteiger partial charge in [0.1, 0.15) is 5.75 Å². The highest BCUT2D eigenvalue weighted by Crippen LogP contribution is 2.35. The maximum atomic E-state index is 12.7. The van der Waals surface area contributed by atoms with Gasteiger partial charge in [-0.3, -0.25) is 0 Å². The third kappa shape index (κ3) is 4.28. The summed E-state index contributed by atoms with van der Waals surface area (Å²) in [4.78, 5) is 0.262. The van der Waals surface area contributed by atoms with E-state index in [1.54, 1.807) is 31.4 Å². The molecule has 0 atom stereocenters. The number of ether oxygens (including phenoxy) is 2. The minimum Gasteiger partial charge on any atom is -0.497 e. The van der Waals surface area contributed by atoms with Crippen molar-refractivity contribution in [2.45, 2.75) is 23.2 Å². The van der Waals surface area contributed by atoms with E-state index in [1.165, 1.54) is 0 Å². The molecule has 0 bridgehead atoms. The molecule has 0 radical (unpaired) electrons. The fraction of sp³-hybridized carbons (Fsp3) is 0.368. The second-order valence-corrected chi connectivity index (χ2v) is 9.08. The average molecular weight is 440 g/mol. The van der Waals surface area contributed by atoms with Crippen molar-refractivity contribution in [3.8, 4) is 5.75 Å². The quantitative estimate of drug-likeness (QED) is 0.747. The van der Waals surface area contributed by atoms with E-state index >= 15 is 0 Å². The number of nitrogens with one attached hydrogen (secondary N) is 1. The van der Waals surface area contributed by atoms with Gasteiger partial charge in [0.2, 0.25) is 10.0 Å². The minimum atomic E-state index is -3.57.